The second-order valence-electron chi connectivity index (χ2n) is 3.06. The van der Waals surface area contributed by atoms with E-state index in [9.17, 15) is 13.6 Å². The molecular weight excluding hydrogens is 254 g/mol. The molecule has 0 aliphatic rings. The largest absolute Gasteiger partial charge is 0.300 e. The molecule has 0 fully saturated rings. The maximum absolute atomic E-state index is 12.8. The minimum absolute atomic E-state index is 0.0293. The average Bonchev–Trinajstić information content (AvgIpc) is 2.09. The third-order valence-corrected chi connectivity index (χ3v) is 2.57. The number of hydrogen-bond acceptors (Lipinski definition) is 1. The highest BCUT2D eigenvalue weighted by atomic mass is 79.9. The highest BCUT2D eigenvalue weighted by Crippen LogP contribution is 2.21. The average molecular weight is 263 g/mol. The first-order valence-electron chi connectivity index (χ1n) is 4.13. The van der Waals surface area contributed by atoms with Gasteiger partial charge in [-0.05, 0) is 31.0 Å². The number of halogens is 3. The van der Waals surface area contributed by atoms with Gasteiger partial charge in [0.1, 0.15) is 5.78 Å². The summed E-state index contributed by atoms with van der Waals surface area (Å²) in [5.41, 5.74) is 0.610. The topological polar surface area (TPSA) is 17.1 Å². The predicted octanol–water partition coefficient (Wildman–Crippen LogP) is 3.25. The van der Waals surface area contributed by atoms with Gasteiger partial charge in [-0.1, -0.05) is 15.9 Å². The number of hydrogen-bond donors (Lipinski definition) is 0. The summed E-state index contributed by atoms with van der Waals surface area (Å²) in [6.07, 6.45) is 0.761. The van der Waals surface area contributed by atoms with Crippen LogP contribution < -0.4 is 0 Å². The molecule has 0 heterocycles. The second kappa shape index (κ2) is 4.64. The van der Waals surface area contributed by atoms with E-state index in [4.69, 9.17) is 0 Å². The van der Waals surface area contributed by atoms with Crippen LogP contribution in [0.4, 0.5) is 8.78 Å². The summed E-state index contributed by atoms with van der Waals surface area (Å²) >= 11 is 3.11. The van der Waals surface area contributed by atoms with Crippen LogP contribution in [0.3, 0.4) is 0 Å². The third kappa shape index (κ3) is 2.87. The quantitative estimate of drug-likeness (QED) is 0.765. The lowest BCUT2D eigenvalue weighted by atomic mass is 10.1. The normalized spacial score (nSPS) is 10.3. The molecule has 0 aromatic heterocycles. The lowest BCUT2D eigenvalue weighted by Crippen LogP contribution is -1.97. The van der Waals surface area contributed by atoms with Crippen molar-refractivity contribution < 1.29 is 13.6 Å². The molecule has 0 bridgehead atoms. The Labute approximate surface area is 89.3 Å². The first-order chi connectivity index (χ1) is 6.50. The Hall–Kier alpha value is -0.770. The molecule has 76 valence electrons. The van der Waals surface area contributed by atoms with Crippen molar-refractivity contribution in [1.29, 1.82) is 0 Å². The van der Waals surface area contributed by atoms with Crippen molar-refractivity contribution >= 4 is 21.7 Å². The fourth-order valence-corrected chi connectivity index (χ4v) is 1.58. The summed E-state index contributed by atoms with van der Waals surface area (Å²) in [5, 5.41) is 0. The molecule has 0 radical (unpaired) electrons. The van der Waals surface area contributed by atoms with Crippen molar-refractivity contribution in [3.8, 4) is 0 Å². The summed E-state index contributed by atoms with van der Waals surface area (Å²) in [4.78, 5) is 10.7. The molecule has 0 saturated heterocycles. The highest BCUT2D eigenvalue weighted by Gasteiger charge is 2.08. The van der Waals surface area contributed by atoms with E-state index in [1.165, 1.54) is 6.92 Å². The van der Waals surface area contributed by atoms with E-state index < -0.39 is 11.6 Å². The fraction of sp³-hybridized carbons (Fsp3) is 0.300. The molecule has 1 aromatic rings. The Kier molecular flexibility index (Phi) is 3.75. The number of benzene rings is 1. The smallest absolute Gasteiger partial charge is 0.159 e. The first kappa shape index (κ1) is 11.3. The van der Waals surface area contributed by atoms with E-state index in [1.807, 2.05) is 0 Å². The monoisotopic (exact) mass is 262 g/mol. The van der Waals surface area contributed by atoms with Gasteiger partial charge in [0, 0.05) is 10.9 Å². The van der Waals surface area contributed by atoms with Crippen molar-refractivity contribution in [3.63, 3.8) is 0 Å². The van der Waals surface area contributed by atoms with Gasteiger partial charge in [-0.2, -0.15) is 0 Å². The van der Waals surface area contributed by atoms with Gasteiger partial charge in [0.15, 0.2) is 11.6 Å². The third-order valence-electron chi connectivity index (χ3n) is 1.84. The van der Waals surface area contributed by atoms with E-state index in [0.29, 0.717) is 22.9 Å². The molecule has 4 heteroatoms. The van der Waals surface area contributed by atoms with Crippen LogP contribution in [-0.4, -0.2) is 5.78 Å². The van der Waals surface area contributed by atoms with E-state index in [0.717, 1.165) is 12.1 Å². The minimum Gasteiger partial charge on any atom is -0.300 e. The molecule has 0 atom stereocenters. The molecule has 0 unspecified atom stereocenters. The van der Waals surface area contributed by atoms with Crippen molar-refractivity contribution in [2.75, 3.05) is 0 Å². The SMILES string of the molecule is CC(=O)CCc1cc(F)c(F)cc1Br. The number of aryl methyl sites for hydroxylation is 1. The Morgan fingerprint density at radius 3 is 2.50 bits per heavy atom. The van der Waals surface area contributed by atoms with Crippen LogP contribution in [0.15, 0.2) is 16.6 Å². The van der Waals surface area contributed by atoms with Crippen LogP contribution >= 0.6 is 15.9 Å². The van der Waals surface area contributed by atoms with Gasteiger partial charge in [0.25, 0.3) is 0 Å². The first-order valence-corrected chi connectivity index (χ1v) is 4.93. The summed E-state index contributed by atoms with van der Waals surface area (Å²) in [5.74, 6) is -1.74. The Balaban J connectivity index is 2.87. The lowest BCUT2D eigenvalue weighted by molar-refractivity contribution is -0.116. The number of ketones is 1. The number of carbonyl (C=O) groups is 1. The maximum Gasteiger partial charge on any atom is 0.159 e. The zero-order chi connectivity index (χ0) is 10.7. The van der Waals surface area contributed by atoms with E-state index in [2.05, 4.69) is 15.9 Å². The number of rotatable bonds is 3. The molecule has 0 aliphatic carbocycles. The molecule has 0 saturated carbocycles. The molecule has 1 aromatic carbocycles. The van der Waals surface area contributed by atoms with E-state index in [1.54, 1.807) is 0 Å². The zero-order valence-corrected chi connectivity index (χ0v) is 9.20. The number of Topliss-reactive ketones (excluding diaryl/α,β-unsaturated/α-hetero) is 1. The molecule has 0 N–H and O–H groups in total. The Morgan fingerprint density at radius 1 is 1.36 bits per heavy atom. The molecule has 1 nitrogen and oxygen atoms in total. The summed E-state index contributed by atoms with van der Waals surface area (Å²) in [6.45, 7) is 1.47. The van der Waals surface area contributed by atoms with Crippen molar-refractivity contribution in [1.82, 2.24) is 0 Å². The van der Waals surface area contributed by atoms with Crippen LogP contribution in [0.2, 0.25) is 0 Å². The van der Waals surface area contributed by atoms with Crippen LogP contribution in [0.5, 0.6) is 0 Å². The van der Waals surface area contributed by atoms with Gasteiger partial charge in [-0.25, -0.2) is 8.78 Å². The summed E-state index contributed by atoms with van der Waals surface area (Å²) in [6, 6.07) is 2.19. The van der Waals surface area contributed by atoms with Crippen LogP contribution in [-0.2, 0) is 11.2 Å². The van der Waals surface area contributed by atoms with Gasteiger partial charge < -0.3 is 4.79 Å². The van der Waals surface area contributed by atoms with Crippen molar-refractivity contribution in [2.45, 2.75) is 19.8 Å². The highest BCUT2D eigenvalue weighted by molar-refractivity contribution is 9.10. The molecule has 0 amide bonds. The standard InChI is InChI=1S/C10H9BrF2O/c1-6(14)2-3-7-4-9(12)10(13)5-8(7)11/h4-5H,2-3H2,1H3. The molecule has 14 heavy (non-hydrogen) atoms. The van der Waals surface area contributed by atoms with Gasteiger partial charge in [0.05, 0.1) is 0 Å². The molecule has 0 spiro atoms. The van der Waals surface area contributed by atoms with Crippen LogP contribution in [0, 0.1) is 11.6 Å². The van der Waals surface area contributed by atoms with Crippen LogP contribution in [0.25, 0.3) is 0 Å². The molecular formula is C10H9BrF2O. The second-order valence-corrected chi connectivity index (χ2v) is 3.91. The maximum atomic E-state index is 12.8. The Bertz CT molecular complexity index is 363. The fourth-order valence-electron chi connectivity index (χ4n) is 1.07. The van der Waals surface area contributed by atoms with E-state index >= 15 is 0 Å². The van der Waals surface area contributed by atoms with Crippen molar-refractivity contribution in [2.24, 2.45) is 0 Å². The predicted molar refractivity (Wildman–Crippen MR) is 53.1 cm³/mol. The molecule has 0 aliphatic heterocycles. The van der Waals surface area contributed by atoms with E-state index in [-0.39, 0.29) is 5.78 Å². The molecule has 1 rings (SSSR count). The minimum atomic E-state index is -0.886. The van der Waals surface area contributed by atoms with Gasteiger partial charge in [0.2, 0.25) is 0 Å². The lowest BCUT2D eigenvalue weighted by Gasteiger charge is -2.03. The number of carbonyl (C=O) groups excluding carboxylic acids is 1. The van der Waals surface area contributed by atoms with Gasteiger partial charge in [-0.3, -0.25) is 0 Å². The van der Waals surface area contributed by atoms with Crippen LogP contribution in [0.1, 0.15) is 18.9 Å². The summed E-state index contributed by atoms with van der Waals surface area (Å²) < 4.78 is 26.0. The van der Waals surface area contributed by atoms with Crippen molar-refractivity contribution in [3.05, 3.63) is 33.8 Å². The Morgan fingerprint density at radius 2 is 1.93 bits per heavy atom. The van der Waals surface area contributed by atoms with Gasteiger partial charge in [-0.15, -0.1) is 0 Å². The summed E-state index contributed by atoms with van der Waals surface area (Å²) in [7, 11) is 0. The zero-order valence-electron chi connectivity index (χ0n) is 7.61. The van der Waals surface area contributed by atoms with Gasteiger partial charge >= 0.3 is 0 Å².